The molecule has 1 heterocycles. The Morgan fingerprint density at radius 3 is 2.86 bits per heavy atom. The van der Waals surface area contributed by atoms with Crippen LogP contribution >= 0.6 is 11.6 Å². The maximum atomic E-state index is 8.71. The molecule has 0 fully saturated rings. The number of nitrogens with zero attached hydrogens (tertiary/aromatic N) is 2. The number of aliphatic hydroxyl groups is 1. The van der Waals surface area contributed by atoms with E-state index in [-0.39, 0.29) is 6.61 Å². The number of nitrogens with one attached hydrogen (secondary N) is 1. The summed E-state index contributed by atoms with van der Waals surface area (Å²) in [5.41, 5.74) is 0. The van der Waals surface area contributed by atoms with E-state index < -0.39 is 0 Å². The van der Waals surface area contributed by atoms with Crippen LogP contribution in [0.1, 0.15) is 13.3 Å². The lowest BCUT2D eigenvalue weighted by atomic mass is 10.1. The van der Waals surface area contributed by atoms with Gasteiger partial charge in [-0.3, -0.25) is 0 Å². The van der Waals surface area contributed by atoms with Gasteiger partial charge in [0.05, 0.1) is 0 Å². The fourth-order valence-corrected chi connectivity index (χ4v) is 1.20. The van der Waals surface area contributed by atoms with Crippen molar-refractivity contribution in [3.63, 3.8) is 0 Å². The van der Waals surface area contributed by atoms with Gasteiger partial charge in [-0.2, -0.15) is 0 Å². The van der Waals surface area contributed by atoms with Gasteiger partial charge in [0.15, 0.2) is 11.0 Å². The van der Waals surface area contributed by atoms with E-state index >= 15 is 0 Å². The number of halogens is 1. The largest absolute Gasteiger partial charge is 0.396 e. The van der Waals surface area contributed by atoms with Crippen molar-refractivity contribution in [2.45, 2.75) is 13.3 Å². The van der Waals surface area contributed by atoms with E-state index in [9.17, 15) is 0 Å². The van der Waals surface area contributed by atoms with Crippen molar-refractivity contribution in [3.05, 3.63) is 17.5 Å². The first kappa shape index (κ1) is 11.2. The lowest BCUT2D eigenvalue weighted by Gasteiger charge is -2.11. The Morgan fingerprint density at radius 2 is 2.21 bits per heavy atom. The van der Waals surface area contributed by atoms with Crippen LogP contribution in [-0.2, 0) is 0 Å². The summed E-state index contributed by atoms with van der Waals surface area (Å²) in [7, 11) is 0. The Balaban J connectivity index is 2.41. The van der Waals surface area contributed by atoms with Crippen LogP contribution in [0, 0.1) is 5.92 Å². The normalized spacial score (nSPS) is 12.5. The number of aromatic nitrogens is 2. The van der Waals surface area contributed by atoms with E-state index in [1.807, 2.05) is 6.92 Å². The Morgan fingerprint density at radius 1 is 1.50 bits per heavy atom. The predicted octanol–water partition coefficient (Wildman–Crippen LogP) is 1.56. The SMILES string of the molecule is CC(CCO)CNc1nccnc1Cl. The molecule has 0 saturated carbocycles. The Bertz CT molecular complexity index is 283. The van der Waals surface area contributed by atoms with Crippen molar-refractivity contribution in [2.75, 3.05) is 18.5 Å². The third-order valence-corrected chi connectivity index (χ3v) is 2.17. The lowest BCUT2D eigenvalue weighted by Crippen LogP contribution is -2.13. The summed E-state index contributed by atoms with van der Waals surface area (Å²) in [6.07, 6.45) is 3.90. The second kappa shape index (κ2) is 5.78. The highest BCUT2D eigenvalue weighted by molar-refractivity contribution is 6.31. The summed E-state index contributed by atoms with van der Waals surface area (Å²) in [6.45, 7) is 2.99. The first-order valence-corrected chi connectivity index (χ1v) is 4.93. The van der Waals surface area contributed by atoms with Crippen LogP contribution in [0.2, 0.25) is 5.15 Å². The van der Waals surface area contributed by atoms with Crippen molar-refractivity contribution in [1.29, 1.82) is 0 Å². The number of hydrogen-bond acceptors (Lipinski definition) is 4. The highest BCUT2D eigenvalue weighted by Crippen LogP contribution is 2.14. The van der Waals surface area contributed by atoms with Gasteiger partial charge < -0.3 is 10.4 Å². The smallest absolute Gasteiger partial charge is 0.171 e. The minimum Gasteiger partial charge on any atom is -0.396 e. The zero-order valence-electron chi connectivity index (χ0n) is 8.07. The first-order chi connectivity index (χ1) is 6.74. The van der Waals surface area contributed by atoms with Crippen molar-refractivity contribution >= 4 is 17.4 Å². The molecule has 2 N–H and O–H groups in total. The maximum Gasteiger partial charge on any atom is 0.171 e. The predicted molar refractivity (Wildman–Crippen MR) is 56.4 cm³/mol. The van der Waals surface area contributed by atoms with Crippen molar-refractivity contribution in [3.8, 4) is 0 Å². The Hall–Kier alpha value is -0.870. The minimum absolute atomic E-state index is 0.205. The molecule has 0 radical (unpaired) electrons. The van der Waals surface area contributed by atoms with E-state index in [1.165, 1.54) is 0 Å². The maximum absolute atomic E-state index is 8.71. The molecule has 14 heavy (non-hydrogen) atoms. The van der Waals surface area contributed by atoms with Gasteiger partial charge >= 0.3 is 0 Å². The molecular weight excluding hydrogens is 202 g/mol. The summed E-state index contributed by atoms with van der Waals surface area (Å²) in [5, 5.41) is 12.2. The topological polar surface area (TPSA) is 58.0 Å². The zero-order valence-corrected chi connectivity index (χ0v) is 8.83. The van der Waals surface area contributed by atoms with E-state index in [2.05, 4.69) is 15.3 Å². The summed E-state index contributed by atoms with van der Waals surface area (Å²) in [6, 6.07) is 0. The molecule has 4 nitrogen and oxygen atoms in total. The molecule has 0 saturated heterocycles. The molecule has 0 aliphatic rings. The minimum atomic E-state index is 0.205. The average molecular weight is 216 g/mol. The van der Waals surface area contributed by atoms with Gasteiger partial charge in [-0.25, -0.2) is 9.97 Å². The van der Waals surface area contributed by atoms with Gasteiger partial charge in [0, 0.05) is 25.5 Å². The van der Waals surface area contributed by atoms with Crippen LogP contribution in [0.3, 0.4) is 0 Å². The number of anilines is 1. The molecule has 5 heteroatoms. The van der Waals surface area contributed by atoms with Gasteiger partial charge in [0.2, 0.25) is 0 Å². The molecule has 0 aliphatic carbocycles. The van der Waals surface area contributed by atoms with Crippen LogP contribution in [0.5, 0.6) is 0 Å². The van der Waals surface area contributed by atoms with Gasteiger partial charge in [-0.05, 0) is 12.3 Å². The molecule has 1 aromatic heterocycles. The third kappa shape index (κ3) is 3.47. The van der Waals surface area contributed by atoms with Gasteiger partial charge in [0.1, 0.15) is 0 Å². The summed E-state index contributed by atoms with van der Waals surface area (Å²) < 4.78 is 0. The molecule has 0 aromatic carbocycles. The van der Waals surface area contributed by atoms with Crippen LogP contribution in [0.15, 0.2) is 12.4 Å². The fourth-order valence-electron chi connectivity index (χ4n) is 1.03. The molecule has 0 spiro atoms. The van der Waals surface area contributed by atoms with Gasteiger partial charge in [-0.1, -0.05) is 18.5 Å². The molecule has 1 atom stereocenters. The highest BCUT2D eigenvalue weighted by atomic mass is 35.5. The van der Waals surface area contributed by atoms with Crippen molar-refractivity contribution in [1.82, 2.24) is 9.97 Å². The van der Waals surface area contributed by atoms with Gasteiger partial charge in [-0.15, -0.1) is 0 Å². The fraction of sp³-hybridized carbons (Fsp3) is 0.556. The van der Waals surface area contributed by atoms with Crippen LogP contribution in [0.25, 0.3) is 0 Å². The third-order valence-electron chi connectivity index (χ3n) is 1.89. The van der Waals surface area contributed by atoms with Crippen LogP contribution in [0.4, 0.5) is 5.82 Å². The molecule has 78 valence electrons. The number of rotatable bonds is 5. The summed E-state index contributed by atoms with van der Waals surface area (Å²) >= 11 is 5.80. The second-order valence-electron chi connectivity index (χ2n) is 3.19. The quantitative estimate of drug-likeness (QED) is 0.783. The summed E-state index contributed by atoms with van der Waals surface area (Å²) in [5.74, 6) is 0.983. The highest BCUT2D eigenvalue weighted by Gasteiger charge is 2.04. The average Bonchev–Trinajstić information content (AvgIpc) is 2.17. The van der Waals surface area contributed by atoms with E-state index in [4.69, 9.17) is 16.7 Å². The Labute approximate surface area is 88.3 Å². The summed E-state index contributed by atoms with van der Waals surface area (Å²) in [4.78, 5) is 7.94. The van der Waals surface area contributed by atoms with Gasteiger partial charge in [0.25, 0.3) is 0 Å². The standard InChI is InChI=1S/C9H14ClN3O/c1-7(2-5-14)6-13-9-8(10)11-3-4-12-9/h3-4,7,14H,2,5-6H2,1H3,(H,12,13). The molecule has 0 aliphatic heterocycles. The molecule has 0 amide bonds. The monoisotopic (exact) mass is 215 g/mol. The van der Waals surface area contributed by atoms with E-state index in [0.29, 0.717) is 16.9 Å². The van der Waals surface area contributed by atoms with Crippen LogP contribution in [-0.4, -0.2) is 28.2 Å². The number of hydrogen-bond donors (Lipinski definition) is 2. The van der Waals surface area contributed by atoms with Crippen molar-refractivity contribution in [2.24, 2.45) is 5.92 Å². The molecule has 1 unspecified atom stereocenters. The second-order valence-corrected chi connectivity index (χ2v) is 3.55. The molecule has 1 rings (SSSR count). The molecule has 0 bridgehead atoms. The number of aliphatic hydroxyl groups excluding tert-OH is 1. The zero-order chi connectivity index (χ0) is 10.4. The Kier molecular flexibility index (Phi) is 4.62. The van der Waals surface area contributed by atoms with E-state index in [0.717, 1.165) is 13.0 Å². The van der Waals surface area contributed by atoms with Crippen molar-refractivity contribution < 1.29 is 5.11 Å². The molecular formula is C9H14ClN3O. The lowest BCUT2D eigenvalue weighted by molar-refractivity contribution is 0.266. The van der Waals surface area contributed by atoms with E-state index in [1.54, 1.807) is 12.4 Å². The molecule has 1 aromatic rings. The first-order valence-electron chi connectivity index (χ1n) is 4.55. The van der Waals surface area contributed by atoms with Crippen LogP contribution < -0.4 is 5.32 Å².